The molecule has 0 heterocycles. The molecule has 26 heavy (non-hydrogen) atoms. The fourth-order valence-electron chi connectivity index (χ4n) is 2.53. The minimum Gasteiger partial charge on any atom is -0.358 e. The first kappa shape index (κ1) is 19.4. The van der Waals surface area contributed by atoms with Gasteiger partial charge in [-0.2, -0.15) is 5.26 Å². The quantitative estimate of drug-likeness (QED) is 0.818. The highest BCUT2D eigenvalue weighted by Gasteiger charge is 2.25. The van der Waals surface area contributed by atoms with Crippen molar-refractivity contribution in [3.8, 4) is 6.07 Å². The number of amides is 2. The first-order valence-corrected chi connectivity index (χ1v) is 8.29. The third kappa shape index (κ3) is 5.06. The van der Waals surface area contributed by atoms with Crippen LogP contribution in [0.25, 0.3) is 0 Å². The third-order valence-corrected chi connectivity index (χ3v) is 4.06. The number of anilines is 1. The number of halogens is 1. The van der Waals surface area contributed by atoms with Crippen LogP contribution in [0.15, 0.2) is 48.5 Å². The molecule has 2 aromatic carbocycles. The fourth-order valence-corrected chi connectivity index (χ4v) is 2.66. The maximum atomic E-state index is 12.3. The molecule has 0 aliphatic heterocycles. The van der Waals surface area contributed by atoms with Gasteiger partial charge in [0.05, 0.1) is 18.2 Å². The van der Waals surface area contributed by atoms with Crippen molar-refractivity contribution in [1.29, 1.82) is 5.26 Å². The van der Waals surface area contributed by atoms with E-state index in [-0.39, 0.29) is 18.4 Å². The number of nitrogens with one attached hydrogen (secondary N) is 2. The van der Waals surface area contributed by atoms with Crippen LogP contribution in [0.4, 0.5) is 5.69 Å². The summed E-state index contributed by atoms with van der Waals surface area (Å²) in [5.41, 5.74) is 1.84. The number of rotatable bonds is 6. The predicted molar refractivity (Wildman–Crippen MR) is 101 cm³/mol. The van der Waals surface area contributed by atoms with E-state index < -0.39 is 6.04 Å². The Morgan fingerprint density at radius 3 is 2.31 bits per heavy atom. The summed E-state index contributed by atoms with van der Waals surface area (Å²) in [6.45, 7) is 0.0146. The highest BCUT2D eigenvalue weighted by atomic mass is 35.5. The molecule has 0 saturated heterocycles. The Balaban J connectivity index is 2.09. The summed E-state index contributed by atoms with van der Waals surface area (Å²) in [5, 5.41) is 14.7. The Hall–Kier alpha value is -2.88. The molecule has 0 spiro atoms. The van der Waals surface area contributed by atoms with E-state index in [0.29, 0.717) is 16.3 Å². The maximum absolute atomic E-state index is 12.3. The van der Waals surface area contributed by atoms with Gasteiger partial charge in [-0.3, -0.25) is 14.5 Å². The molecular formula is C19H19ClN4O2. The van der Waals surface area contributed by atoms with Gasteiger partial charge < -0.3 is 10.6 Å². The zero-order chi connectivity index (χ0) is 19.1. The molecular weight excluding hydrogens is 352 g/mol. The zero-order valence-electron chi connectivity index (χ0n) is 14.5. The smallest absolute Gasteiger partial charge is 0.241 e. The van der Waals surface area contributed by atoms with Crippen molar-refractivity contribution >= 4 is 29.1 Å². The number of hydrogen-bond acceptors (Lipinski definition) is 4. The molecule has 0 aliphatic rings. The molecule has 6 nitrogen and oxygen atoms in total. The van der Waals surface area contributed by atoms with E-state index in [1.807, 2.05) is 6.07 Å². The van der Waals surface area contributed by atoms with Crippen LogP contribution in [0.3, 0.4) is 0 Å². The van der Waals surface area contributed by atoms with Crippen LogP contribution < -0.4 is 10.6 Å². The van der Waals surface area contributed by atoms with Crippen molar-refractivity contribution < 1.29 is 9.59 Å². The van der Waals surface area contributed by atoms with Gasteiger partial charge in [-0.25, -0.2) is 0 Å². The molecule has 0 fully saturated rings. The zero-order valence-corrected chi connectivity index (χ0v) is 15.2. The van der Waals surface area contributed by atoms with Gasteiger partial charge in [0.2, 0.25) is 11.8 Å². The van der Waals surface area contributed by atoms with E-state index in [1.54, 1.807) is 67.5 Å². The van der Waals surface area contributed by atoms with Crippen molar-refractivity contribution in [2.75, 3.05) is 26.0 Å². The van der Waals surface area contributed by atoms with Gasteiger partial charge in [0.1, 0.15) is 6.04 Å². The van der Waals surface area contributed by atoms with E-state index >= 15 is 0 Å². The SMILES string of the molecule is CNC(=O)[C@H](c1ccc(Cl)cc1)N(C)CC(=O)Nc1ccc(C#N)cc1. The molecule has 7 heteroatoms. The number of benzene rings is 2. The van der Waals surface area contributed by atoms with Crippen LogP contribution in [-0.2, 0) is 9.59 Å². The average Bonchev–Trinajstić information content (AvgIpc) is 2.63. The average molecular weight is 371 g/mol. The highest BCUT2D eigenvalue weighted by molar-refractivity contribution is 6.30. The third-order valence-electron chi connectivity index (χ3n) is 3.81. The summed E-state index contributed by atoms with van der Waals surface area (Å²) >= 11 is 5.91. The van der Waals surface area contributed by atoms with Crippen molar-refractivity contribution in [2.45, 2.75) is 6.04 Å². The number of hydrogen-bond donors (Lipinski definition) is 2. The summed E-state index contributed by atoms with van der Waals surface area (Å²) in [6, 6.07) is 14.9. The second kappa shape index (κ2) is 8.99. The summed E-state index contributed by atoms with van der Waals surface area (Å²) in [6.07, 6.45) is 0. The lowest BCUT2D eigenvalue weighted by Gasteiger charge is -2.26. The molecule has 2 rings (SSSR count). The first-order chi connectivity index (χ1) is 12.4. The minimum absolute atomic E-state index is 0.0146. The largest absolute Gasteiger partial charge is 0.358 e. The van der Waals surface area contributed by atoms with Crippen molar-refractivity contribution in [3.05, 3.63) is 64.7 Å². The lowest BCUT2D eigenvalue weighted by molar-refractivity contribution is -0.126. The fraction of sp³-hybridized carbons (Fsp3) is 0.211. The molecule has 2 amide bonds. The molecule has 0 bridgehead atoms. The summed E-state index contributed by atoms with van der Waals surface area (Å²) in [7, 11) is 3.25. The number of nitriles is 1. The van der Waals surface area contributed by atoms with Crippen LogP contribution in [0.2, 0.25) is 5.02 Å². The summed E-state index contributed by atoms with van der Waals surface area (Å²) in [5.74, 6) is -0.485. The number of likely N-dealkylation sites (N-methyl/N-ethyl adjacent to an activating group) is 2. The monoisotopic (exact) mass is 370 g/mol. The van der Waals surface area contributed by atoms with Gasteiger partial charge in [0, 0.05) is 17.8 Å². The minimum atomic E-state index is -0.621. The standard InChI is InChI=1S/C19H19ClN4O2/c1-22-19(26)18(14-5-7-15(20)8-6-14)24(2)12-17(25)23-16-9-3-13(11-21)4-10-16/h3-10,18H,12H2,1-2H3,(H,22,26)(H,23,25)/t18-/m0/s1. The lowest BCUT2D eigenvalue weighted by Crippen LogP contribution is -2.40. The second-order valence-electron chi connectivity index (χ2n) is 5.72. The lowest BCUT2D eigenvalue weighted by atomic mass is 10.0. The van der Waals surface area contributed by atoms with Gasteiger partial charge in [0.25, 0.3) is 0 Å². The van der Waals surface area contributed by atoms with Gasteiger partial charge in [-0.15, -0.1) is 0 Å². The van der Waals surface area contributed by atoms with Crippen LogP contribution in [0, 0.1) is 11.3 Å². The topological polar surface area (TPSA) is 85.2 Å². The normalized spacial score (nSPS) is 11.5. The summed E-state index contributed by atoms with van der Waals surface area (Å²) < 4.78 is 0. The van der Waals surface area contributed by atoms with Crippen molar-refractivity contribution in [1.82, 2.24) is 10.2 Å². The molecule has 0 saturated carbocycles. The Bertz CT molecular complexity index is 813. The number of carbonyl (C=O) groups is 2. The predicted octanol–water partition coefficient (Wildman–Crippen LogP) is 2.57. The number of nitrogens with zero attached hydrogens (tertiary/aromatic N) is 2. The Morgan fingerprint density at radius 2 is 1.77 bits per heavy atom. The number of carbonyl (C=O) groups excluding carboxylic acids is 2. The van der Waals surface area contributed by atoms with Gasteiger partial charge in [-0.05, 0) is 49.0 Å². The first-order valence-electron chi connectivity index (χ1n) is 7.92. The Labute approximate surface area is 157 Å². The summed E-state index contributed by atoms with van der Waals surface area (Å²) in [4.78, 5) is 26.3. The molecule has 0 unspecified atom stereocenters. The molecule has 2 N–H and O–H groups in total. The molecule has 0 radical (unpaired) electrons. The van der Waals surface area contributed by atoms with E-state index in [0.717, 1.165) is 5.56 Å². The maximum Gasteiger partial charge on any atom is 0.241 e. The second-order valence-corrected chi connectivity index (χ2v) is 6.16. The highest BCUT2D eigenvalue weighted by Crippen LogP contribution is 2.22. The molecule has 2 aromatic rings. The Kier molecular flexibility index (Phi) is 6.73. The van der Waals surface area contributed by atoms with E-state index in [2.05, 4.69) is 10.6 Å². The molecule has 0 aliphatic carbocycles. The molecule has 1 atom stereocenters. The van der Waals surface area contributed by atoms with Gasteiger partial charge in [0.15, 0.2) is 0 Å². The molecule has 134 valence electrons. The van der Waals surface area contributed by atoms with E-state index in [1.165, 1.54) is 0 Å². The van der Waals surface area contributed by atoms with Gasteiger partial charge in [-0.1, -0.05) is 23.7 Å². The molecule has 0 aromatic heterocycles. The van der Waals surface area contributed by atoms with Crippen LogP contribution in [0.5, 0.6) is 0 Å². The van der Waals surface area contributed by atoms with Crippen LogP contribution in [-0.4, -0.2) is 37.4 Å². The Morgan fingerprint density at radius 1 is 1.15 bits per heavy atom. The van der Waals surface area contributed by atoms with Crippen LogP contribution >= 0.6 is 11.6 Å². The van der Waals surface area contributed by atoms with E-state index in [9.17, 15) is 9.59 Å². The van der Waals surface area contributed by atoms with E-state index in [4.69, 9.17) is 16.9 Å². The van der Waals surface area contributed by atoms with Crippen molar-refractivity contribution in [2.24, 2.45) is 0 Å². The van der Waals surface area contributed by atoms with Gasteiger partial charge >= 0.3 is 0 Å². The van der Waals surface area contributed by atoms with Crippen LogP contribution in [0.1, 0.15) is 17.2 Å². The van der Waals surface area contributed by atoms with Crippen molar-refractivity contribution in [3.63, 3.8) is 0 Å².